The summed E-state index contributed by atoms with van der Waals surface area (Å²) in [4.78, 5) is 10.9. The van der Waals surface area contributed by atoms with E-state index in [1.165, 1.54) is 12.8 Å². The zero-order valence-corrected chi connectivity index (χ0v) is 10.6. The molecule has 0 radical (unpaired) electrons. The average molecular weight is 228 g/mol. The third-order valence-corrected chi connectivity index (χ3v) is 3.53. The quantitative estimate of drug-likeness (QED) is 0.729. The van der Waals surface area contributed by atoms with Crippen molar-refractivity contribution in [3.05, 3.63) is 0 Å². The monoisotopic (exact) mass is 228 g/mol. The molecular weight excluding hydrogens is 204 g/mol. The minimum absolute atomic E-state index is 0.314. The molecule has 4 heteroatoms. The number of carboxylic acids is 1. The molecule has 1 N–H and O–H groups in total. The first-order valence-corrected chi connectivity index (χ1v) is 6.22. The summed E-state index contributed by atoms with van der Waals surface area (Å²) < 4.78 is 0. The molecule has 1 rings (SSSR count). The van der Waals surface area contributed by atoms with Crippen LogP contribution in [-0.2, 0) is 4.79 Å². The molecular formula is C12H24N2O2. The molecule has 1 fully saturated rings. The van der Waals surface area contributed by atoms with Gasteiger partial charge in [0, 0.05) is 33.1 Å². The third kappa shape index (κ3) is 3.46. The lowest BCUT2D eigenvalue weighted by molar-refractivity contribution is -0.140. The summed E-state index contributed by atoms with van der Waals surface area (Å²) >= 11 is 0. The van der Waals surface area contributed by atoms with Gasteiger partial charge in [0.05, 0.1) is 0 Å². The minimum Gasteiger partial charge on any atom is -0.481 e. The number of rotatable bonds is 5. The summed E-state index contributed by atoms with van der Waals surface area (Å²) in [6.45, 7) is 3.08. The lowest BCUT2D eigenvalue weighted by atomic mass is 9.82. The predicted molar refractivity (Wildman–Crippen MR) is 64.1 cm³/mol. The van der Waals surface area contributed by atoms with Crippen molar-refractivity contribution in [2.45, 2.75) is 45.1 Å². The number of carboxylic acid groups (broad SMARTS) is 1. The molecule has 0 aromatic carbocycles. The Morgan fingerprint density at radius 2 is 1.94 bits per heavy atom. The van der Waals surface area contributed by atoms with Gasteiger partial charge in [-0.25, -0.2) is 10.0 Å². The van der Waals surface area contributed by atoms with E-state index in [1.807, 2.05) is 14.1 Å². The van der Waals surface area contributed by atoms with Crippen LogP contribution in [-0.4, -0.2) is 47.8 Å². The van der Waals surface area contributed by atoms with Crippen LogP contribution in [0.3, 0.4) is 0 Å². The van der Waals surface area contributed by atoms with Gasteiger partial charge in [0.2, 0.25) is 0 Å². The number of carbonyl (C=O) groups is 1. The Labute approximate surface area is 98.2 Å². The minimum atomic E-state index is -0.660. The Balaban J connectivity index is 2.67. The topological polar surface area (TPSA) is 43.8 Å². The van der Waals surface area contributed by atoms with Crippen LogP contribution in [0.4, 0.5) is 0 Å². The molecule has 1 aliphatic rings. The molecule has 0 saturated heterocycles. The molecule has 0 bridgehead atoms. The lowest BCUT2D eigenvalue weighted by Crippen LogP contribution is -2.49. The van der Waals surface area contributed by atoms with Crippen molar-refractivity contribution in [3.63, 3.8) is 0 Å². The predicted octanol–water partition coefficient (Wildman–Crippen LogP) is 1.82. The lowest BCUT2D eigenvalue weighted by Gasteiger charge is -2.42. The number of hydrogen-bond donors (Lipinski definition) is 1. The Bertz CT molecular complexity index is 231. The van der Waals surface area contributed by atoms with Crippen LogP contribution < -0.4 is 0 Å². The zero-order chi connectivity index (χ0) is 12.1. The van der Waals surface area contributed by atoms with Gasteiger partial charge in [-0.05, 0) is 18.8 Å². The Kier molecular flexibility index (Phi) is 5.22. The van der Waals surface area contributed by atoms with Crippen LogP contribution in [0.1, 0.15) is 39.0 Å². The molecule has 2 unspecified atom stereocenters. The Morgan fingerprint density at radius 1 is 1.31 bits per heavy atom. The van der Waals surface area contributed by atoms with Crippen molar-refractivity contribution in [2.24, 2.45) is 5.92 Å². The molecule has 4 nitrogen and oxygen atoms in total. The van der Waals surface area contributed by atoms with Gasteiger partial charge in [0.25, 0.3) is 0 Å². The maximum atomic E-state index is 10.9. The maximum Gasteiger partial charge on any atom is 0.303 e. The fraction of sp³-hybridized carbons (Fsp3) is 0.917. The highest BCUT2D eigenvalue weighted by atomic mass is 16.4. The van der Waals surface area contributed by atoms with Gasteiger partial charge < -0.3 is 5.11 Å². The van der Waals surface area contributed by atoms with E-state index in [-0.39, 0.29) is 0 Å². The van der Waals surface area contributed by atoms with E-state index >= 15 is 0 Å². The summed E-state index contributed by atoms with van der Waals surface area (Å²) in [5.41, 5.74) is 0. The molecule has 1 aliphatic carbocycles. The largest absolute Gasteiger partial charge is 0.481 e. The fourth-order valence-electron chi connectivity index (χ4n) is 2.86. The van der Waals surface area contributed by atoms with Gasteiger partial charge in [-0.2, -0.15) is 0 Å². The maximum absolute atomic E-state index is 10.9. The molecule has 0 aromatic heterocycles. The second-order valence-corrected chi connectivity index (χ2v) is 4.81. The Hall–Kier alpha value is -0.610. The van der Waals surface area contributed by atoms with Crippen LogP contribution in [0.2, 0.25) is 0 Å². The van der Waals surface area contributed by atoms with E-state index in [4.69, 9.17) is 5.11 Å². The van der Waals surface area contributed by atoms with E-state index < -0.39 is 5.97 Å². The zero-order valence-electron chi connectivity index (χ0n) is 10.6. The number of nitrogens with zero attached hydrogens (tertiary/aromatic N) is 2. The van der Waals surface area contributed by atoms with Crippen LogP contribution in [0, 0.1) is 5.92 Å². The summed E-state index contributed by atoms with van der Waals surface area (Å²) in [6.07, 6.45) is 4.91. The fourth-order valence-corrected chi connectivity index (χ4v) is 2.86. The summed E-state index contributed by atoms with van der Waals surface area (Å²) in [7, 11) is 4.08. The molecule has 94 valence electrons. The normalized spacial score (nSPS) is 26.3. The second kappa shape index (κ2) is 6.21. The van der Waals surface area contributed by atoms with Gasteiger partial charge in [0.15, 0.2) is 0 Å². The van der Waals surface area contributed by atoms with E-state index in [0.717, 1.165) is 19.4 Å². The molecule has 0 aromatic rings. The van der Waals surface area contributed by atoms with Crippen LogP contribution >= 0.6 is 0 Å². The summed E-state index contributed by atoms with van der Waals surface area (Å²) in [6, 6.07) is 0.407. The molecule has 0 aliphatic heterocycles. The van der Waals surface area contributed by atoms with Gasteiger partial charge in [-0.1, -0.05) is 19.8 Å². The van der Waals surface area contributed by atoms with Crippen molar-refractivity contribution < 1.29 is 9.90 Å². The van der Waals surface area contributed by atoms with Gasteiger partial charge in [0.1, 0.15) is 0 Å². The second-order valence-electron chi connectivity index (χ2n) is 4.81. The molecule has 1 saturated carbocycles. The SMILES string of the molecule is CCN(C1CCCCC1CC(=O)O)N(C)C. The molecule has 0 heterocycles. The first-order valence-electron chi connectivity index (χ1n) is 6.22. The van der Waals surface area contributed by atoms with Crippen LogP contribution in [0.15, 0.2) is 0 Å². The van der Waals surface area contributed by atoms with Gasteiger partial charge >= 0.3 is 5.97 Å². The highest BCUT2D eigenvalue weighted by Crippen LogP contribution is 2.31. The summed E-state index contributed by atoms with van der Waals surface area (Å²) in [5, 5.41) is 13.3. The highest BCUT2D eigenvalue weighted by Gasteiger charge is 2.31. The van der Waals surface area contributed by atoms with Crippen molar-refractivity contribution in [1.82, 2.24) is 10.0 Å². The molecule has 0 spiro atoms. The summed E-state index contributed by atoms with van der Waals surface area (Å²) in [5.74, 6) is -0.347. The van der Waals surface area contributed by atoms with E-state index in [2.05, 4.69) is 16.9 Å². The van der Waals surface area contributed by atoms with Crippen molar-refractivity contribution in [1.29, 1.82) is 0 Å². The van der Waals surface area contributed by atoms with Crippen molar-refractivity contribution >= 4 is 5.97 Å². The molecule has 16 heavy (non-hydrogen) atoms. The van der Waals surface area contributed by atoms with Crippen LogP contribution in [0.5, 0.6) is 0 Å². The first kappa shape index (κ1) is 13.5. The number of hydrazine groups is 1. The smallest absolute Gasteiger partial charge is 0.303 e. The van der Waals surface area contributed by atoms with Crippen molar-refractivity contribution in [2.75, 3.05) is 20.6 Å². The van der Waals surface area contributed by atoms with Crippen LogP contribution in [0.25, 0.3) is 0 Å². The van der Waals surface area contributed by atoms with E-state index in [0.29, 0.717) is 18.4 Å². The first-order chi connectivity index (χ1) is 7.56. The van der Waals surface area contributed by atoms with E-state index in [1.54, 1.807) is 0 Å². The third-order valence-electron chi connectivity index (χ3n) is 3.53. The number of hydrogen-bond acceptors (Lipinski definition) is 3. The molecule has 2 atom stereocenters. The van der Waals surface area contributed by atoms with Crippen molar-refractivity contribution in [3.8, 4) is 0 Å². The van der Waals surface area contributed by atoms with E-state index in [9.17, 15) is 4.79 Å². The van der Waals surface area contributed by atoms with Gasteiger partial charge in [-0.15, -0.1) is 0 Å². The average Bonchev–Trinajstić information content (AvgIpc) is 2.20. The van der Waals surface area contributed by atoms with Gasteiger partial charge in [-0.3, -0.25) is 4.79 Å². The molecule has 0 amide bonds. The standard InChI is InChI=1S/C12H24N2O2/c1-4-14(13(2)3)11-8-6-5-7-10(11)9-12(15)16/h10-11H,4-9H2,1-3H3,(H,15,16). The highest BCUT2D eigenvalue weighted by molar-refractivity contribution is 5.67. The number of aliphatic carboxylic acids is 1. The Morgan fingerprint density at radius 3 is 2.44 bits per heavy atom.